The molecule has 1 aliphatic heterocycles. The Labute approximate surface area is 78.4 Å². The van der Waals surface area contributed by atoms with Crippen LogP contribution in [0.5, 0.6) is 0 Å². The van der Waals surface area contributed by atoms with Gasteiger partial charge in [-0.3, -0.25) is 0 Å². The molecule has 0 unspecified atom stereocenters. The Morgan fingerprint density at radius 1 is 1.46 bits per heavy atom. The summed E-state index contributed by atoms with van der Waals surface area (Å²) in [6.45, 7) is 2.26. The van der Waals surface area contributed by atoms with Crippen LogP contribution in [0.15, 0.2) is 11.6 Å². The smallest absolute Gasteiger partial charge is 0.410 e. The lowest BCUT2D eigenvalue weighted by Crippen LogP contribution is -2.14. The fraction of sp³-hybridized carbons (Fsp3) is 0.700. The Kier molecular flexibility index (Phi) is 2.52. The van der Waals surface area contributed by atoms with Crippen LogP contribution in [-0.4, -0.2) is 30.7 Å². The Morgan fingerprint density at radius 3 is 2.92 bits per heavy atom. The molecule has 0 saturated carbocycles. The summed E-state index contributed by atoms with van der Waals surface area (Å²) in [4.78, 5) is 12.8. The topological polar surface area (TPSA) is 29.3 Å². The van der Waals surface area contributed by atoms with Crippen LogP contribution in [0.25, 0.3) is 0 Å². The SMILES string of the molecule is O=C(OCC1=CCCCC1)N1CC1. The largest absolute Gasteiger partial charge is 0.445 e. The van der Waals surface area contributed by atoms with Gasteiger partial charge in [-0.05, 0) is 31.3 Å². The van der Waals surface area contributed by atoms with Crippen LogP contribution in [0.3, 0.4) is 0 Å². The summed E-state index contributed by atoms with van der Waals surface area (Å²) in [6, 6.07) is 0. The van der Waals surface area contributed by atoms with Crippen molar-refractivity contribution in [3.8, 4) is 0 Å². The van der Waals surface area contributed by atoms with E-state index in [2.05, 4.69) is 6.08 Å². The van der Waals surface area contributed by atoms with Crippen molar-refractivity contribution in [3.05, 3.63) is 11.6 Å². The molecule has 3 nitrogen and oxygen atoms in total. The normalized spacial score (nSPS) is 20.9. The molecule has 1 saturated heterocycles. The lowest BCUT2D eigenvalue weighted by atomic mass is 10.0. The monoisotopic (exact) mass is 181 g/mol. The summed E-state index contributed by atoms with van der Waals surface area (Å²) in [5, 5.41) is 0. The molecule has 2 aliphatic rings. The van der Waals surface area contributed by atoms with Crippen molar-refractivity contribution in [1.29, 1.82) is 0 Å². The molecule has 13 heavy (non-hydrogen) atoms. The fourth-order valence-corrected chi connectivity index (χ4v) is 1.51. The first-order valence-electron chi connectivity index (χ1n) is 4.96. The van der Waals surface area contributed by atoms with Gasteiger partial charge < -0.3 is 9.64 Å². The quantitative estimate of drug-likeness (QED) is 0.481. The van der Waals surface area contributed by atoms with E-state index >= 15 is 0 Å². The maximum atomic E-state index is 11.1. The van der Waals surface area contributed by atoms with E-state index in [9.17, 15) is 4.79 Å². The summed E-state index contributed by atoms with van der Waals surface area (Å²) < 4.78 is 5.12. The highest BCUT2D eigenvalue weighted by atomic mass is 16.6. The van der Waals surface area contributed by atoms with Crippen LogP contribution in [-0.2, 0) is 4.74 Å². The number of carbonyl (C=O) groups excluding carboxylic acids is 1. The molecule has 0 aromatic heterocycles. The zero-order valence-corrected chi connectivity index (χ0v) is 7.79. The molecule has 0 radical (unpaired) electrons. The second-order valence-corrected chi connectivity index (χ2v) is 3.65. The summed E-state index contributed by atoms with van der Waals surface area (Å²) in [5.74, 6) is 0. The Morgan fingerprint density at radius 2 is 2.31 bits per heavy atom. The van der Waals surface area contributed by atoms with E-state index in [1.165, 1.54) is 18.4 Å². The second-order valence-electron chi connectivity index (χ2n) is 3.65. The van der Waals surface area contributed by atoms with Crippen LogP contribution in [0.1, 0.15) is 25.7 Å². The van der Waals surface area contributed by atoms with E-state index in [-0.39, 0.29) is 6.09 Å². The molecular weight excluding hydrogens is 166 g/mol. The number of amides is 1. The summed E-state index contributed by atoms with van der Waals surface area (Å²) in [6.07, 6.45) is 6.84. The number of hydrogen-bond donors (Lipinski definition) is 0. The molecule has 0 aromatic carbocycles. The number of hydrogen-bond acceptors (Lipinski definition) is 2. The van der Waals surface area contributed by atoms with Crippen molar-refractivity contribution in [2.75, 3.05) is 19.7 Å². The second kappa shape index (κ2) is 3.81. The molecule has 3 heteroatoms. The predicted octanol–water partition coefficient (Wildman–Crippen LogP) is 1.94. The summed E-state index contributed by atoms with van der Waals surface area (Å²) in [5.41, 5.74) is 1.29. The van der Waals surface area contributed by atoms with Gasteiger partial charge in [0.15, 0.2) is 0 Å². The number of nitrogens with zero attached hydrogens (tertiary/aromatic N) is 1. The van der Waals surface area contributed by atoms with Crippen LogP contribution in [0, 0.1) is 0 Å². The van der Waals surface area contributed by atoms with Crippen molar-refractivity contribution in [3.63, 3.8) is 0 Å². The van der Waals surface area contributed by atoms with Crippen molar-refractivity contribution in [2.45, 2.75) is 25.7 Å². The Bertz CT molecular complexity index is 231. The van der Waals surface area contributed by atoms with Gasteiger partial charge in [0.25, 0.3) is 0 Å². The van der Waals surface area contributed by atoms with Gasteiger partial charge in [0.2, 0.25) is 0 Å². The van der Waals surface area contributed by atoms with Crippen molar-refractivity contribution >= 4 is 6.09 Å². The lowest BCUT2D eigenvalue weighted by Gasteiger charge is -2.12. The molecule has 1 fully saturated rings. The van der Waals surface area contributed by atoms with Gasteiger partial charge in [0, 0.05) is 13.1 Å². The minimum absolute atomic E-state index is 0.147. The van der Waals surface area contributed by atoms with Crippen molar-refractivity contribution in [1.82, 2.24) is 4.90 Å². The fourth-order valence-electron chi connectivity index (χ4n) is 1.51. The van der Waals surface area contributed by atoms with Crippen LogP contribution in [0.2, 0.25) is 0 Å². The third kappa shape index (κ3) is 2.47. The van der Waals surface area contributed by atoms with Crippen molar-refractivity contribution < 1.29 is 9.53 Å². The van der Waals surface area contributed by atoms with Gasteiger partial charge in [-0.1, -0.05) is 6.08 Å². The minimum atomic E-state index is -0.147. The molecule has 1 amide bonds. The van der Waals surface area contributed by atoms with Gasteiger partial charge in [-0.15, -0.1) is 0 Å². The number of allylic oxidation sites excluding steroid dienone is 1. The molecule has 1 heterocycles. The van der Waals surface area contributed by atoms with Crippen LogP contribution in [0.4, 0.5) is 4.79 Å². The maximum Gasteiger partial charge on any atom is 0.410 e. The van der Waals surface area contributed by atoms with E-state index in [0.717, 1.165) is 25.9 Å². The first kappa shape index (κ1) is 8.60. The van der Waals surface area contributed by atoms with E-state index < -0.39 is 0 Å². The van der Waals surface area contributed by atoms with Gasteiger partial charge >= 0.3 is 6.09 Å². The third-order valence-corrected chi connectivity index (χ3v) is 2.47. The highest BCUT2D eigenvalue weighted by molar-refractivity contribution is 5.70. The van der Waals surface area contributed by atoms with E-state index in [1.807, 2.05) is 0 Å². The Balaban J connectivity index is 1.71. The summed E-state index contributed by atoms with van der Waals surface area (Å²) >= 11 is 0. The van der Waals surface area contributed by atoms with E-state index in [1.54, 1.807) is 4.90 Å². The van der Waals surface area contributed by atoms with Gasteiger partial charge in [-0.2, -0.15) is 0 Å². The molecule has 2 rings (SSSR count). The predicted molar refractivity (Wildman–Crippen MR) is 49.5 cm³/mol. The molecule has 0 bridgehead atoms. The standard InChI is InChI=1S/C10H15NO2/c12-10(11-6-7-11)13-8-9-4-2-1-3-5-9/h4H,1-3,5-8H2. The number of rotatable bonds is 2. The lowest BCUT2D eigenvalue weighted by molar-refractivity contribution is 0.139. The van der Waals surface area contributed by atoms with Gasteiger partial charge in [0.05, 0.1) is 0 Å². The molecule has 1 aliphatic carbocycles. The number of ether oxygens (including phenoxy) is 1. The number of carbonyl (C=O) groups is 1. The average Bonchev–Trinajstić information content (AvgIpc) is 2.99. The first-order valence-corrected chi connectivity index (χ1v) is 4.96. The summed E-state index contributed by atoms with van der Waals surface area (Å²) in [7, 11) is 0. The molecule has 0 N–H and O–H groups in total. The molecule has 0 aromatic rings. The molecule has 0 spiro atoms. The average molecular weight is 181 g/mol. The van der Waals surface area contributed by atoms with Gasteiger partial charge in [0.1, 0.15) is 6.61 Å². The highest BCUT2D eigenvalue weighted by Gasteiger charge is 2.25. The van der Waals surface area contributed by atoms with E-state index in [4.69, 9.17) is 4.74 Å². The zero-order chi connectivity index (χ0) is 9.10. The Hall–Kier alpha value is -0.990. The molecular formula is C10H15NO2. The minimum Gasteiger partial charge on any atom is -0.445 e. The zero-order valence-electron chi connectivity index (χ0n) is 7.79. The van der Waals surface area contributed by atoms with Crippen LogP contribution < -0.4 is 0 Å². The maximum absolute atomic E-state index is 11.1. The molecule has 0 atom stereocenters. The van der Waals surface area contributed by atoms with E-state index in [0.29, 0.717) is 6.61 Å². The van der Waals surface area contributed by atoms with Crippen molar-refractivity contribution in [2.24, 2.45) is 0 Å². The highest BCUT2D eigenvalue weighted by Crippen LogP contribution is 2.18. The third-order valence-electron chi connectivity index (χ3n) is 2.47. The van der Waals surface area contributed by atoms with Crippen LogP contribution >= 0.6 is 0 Å². The van der Waals surface area contributed by atoms with Gasteiger partial charge in [-0.25, -0.2) is 4.79 Å². The molecule has 72 valence electrons. The first-order chi connectivity index (χ1) is 6.36.